The van der Waals surface area contributed by atoms with Gasteiger partial charge < -0.3 is 20.1 Å². The number of nitriles is 1. The number of nitrogens with two attached hydrogens (primary N) is 1. The van der Waals surface area contributed by atoms with Gasteiger partial charge in [-0.1, -0.05) is 12.1 Å². The van der Waals surface area contributed by atoms with Crippen molar-refractivity contribution in [3.05, 3.63) is 71.1 Å². The zero-order valence-corrected chi connectivity index (χ0v) is 21.4. The highest BCUT2D eigenvalue weighted by atomic mass is 19.3. The highest BCUT2D eigenvalue weighted by Gasteiger charge is 2.24. The predicted octanol–water partition coefficient (Wildman–Crippen LogP) is 4.76. The van der Waals surface area contributed by atoms with Crippen molar-refractivity contribution in [2.24, 2.45) is 0 Å². The van der Waals surface area contributed by atoms with Crippen LogP contribution < -0.4 is 10.5 Å². The van der Waals surface area contributed by atoms with E-state index in [0.29, 0.717) is 45.0 Å². The number of ether oxygens (including phenoxy) is 1. The largest absolute Gasteiger partial charge is 0.469 e. The molecule has 0 spiro atoms. The van der Waals surface area contributed by atoms with E-state index in [1.165, 1.54) is 6.07 Å². The molecule has 3 aromatic heterocycles. The molecule has 0 saturated heterocycles. The van der Waals surface area contributed by atoms with E-state index in [9.17, 15) is 19.1 Å². The molecule has 196 valence electrons. The molecule has 0 radical (unpaired) electrons. The number of nitrogens with zero attached hydrogens (tertiary/aromatic N) is 6. The van der Waals surface area contributed by atoms with Crippen LogP contribution in [0.4, 0.5) is 14.7 Å². The van der Waals surface area contributed by atoms with Crippen molar-refractivity contribution in [1.82, 2.24) is 24.5 Å². The Kier molecular flexibility index (Phi) is 7.37. The summed E-state index contributed by atoms with van der Waals surface area (Å²) < 4.78 is 35.2. The van der Waals surface area contributed by atoms with Gasteiger partial charge in [-0.25, -0.2) is 18.7 Å². The van der Waals surface area contributed by atoms with E-state index in [4.69, 9.17) is 10.5 Å². The van der Waals surface area contributed by atoms with Gasteiger partial charge in [-0.05, 0) is 57.0 Å². The van der Waals surface area contributed by atoms with E-state index in [1.54, 1.807) is 68.9 Å². The van der Waals surface area contributed by atoms with Crippen LogP contribution in [0, 0.1) is 25.2 Å². The molecular weight excluding hydrogens is 492 g/mol. The molecule has 0 saturated carbocycles. The Morgan fingerprint density at radius 1 is 1.18 bits per heavy atom. The van der Waals surface area contributed by atoms with Crippen molar-refractivity contribution in [2.45, 2.75) is 52.9 Å². The summed E-state index contributed by atoms with van der Waals surface area (Å²) in [7, 11) is 0. The van der Waals surface area contributed by atoms with E-state index in [1.807, 2.05) is 0 Å². The van der Waals surface area contributed by atoms with Crippen LogP contribution in [-0.4, -0.2) is 35.2 Å². The van der Waals surface area contributed by atoms with Gasteiger partial charge in [0, 0.05) is 23.7 Å². The van der Waals surface area contributed by atoms with Gasteiger partial charge >= 0.3 is 0 Å². The maximum Gasteiger partial charge on any atom is 0.280 e. The van der Waals surface area contributed by atoms with Gasteiger partial charge in [-0.3, -0.25) is 4.98 Å². The second-order valence-electron chi connectivity index (χ2n) is 9.50. The van der Waals surface area contributed by atoms with Crippen LogP contribution in [0.25, 0.3) is 22.4 Å². The van der Waals surface area contributed by atoms with Crippen LogP contribution in [0.2, 0.25) is 0 Å². The Morgan fingerprint density at radius 2 is 1.95 bits per heavy atom. The van der Waals surface area contributed by atoms with Crippen LogP contribution in [0.1, 0.15) is 48.6 Å². The van der Waals surface area contributed by atoms with Gasteiger partial charge in [0.15, 0.2) is 0 Å². The first kappa shape index (κ1) is 26.6. The molecule has 11 heteroatoms. The molecule has 3 N–H and O–H groups in total. The molecular formula is C27H27F2N7O2. The Morgan fingerprint density at radius 3 is 2.63 bits per heavy atom. The minimum Gasteiger partial charge on any atom is -0.469 e. The summed E-state index contributed by atoms with van der Waals surface area (Å²) in [5, 5.41) is 19.8. The van der Waals surface area contributed by atoms with Crippen LogP contribution in [0.5, 0.6) is 5.88 Å². The molecule has 0 atom stereocenters. The Bertz CT molecular complexity index is 1520. The Balaban J connectivity index is 1.90. The van der Waals surface area contributed by atoms with Gasteiger partial charge in [-0.2, -0.15) is 10.2 Å². The zero-order chi connectivity index (χ0) is 27.6. The third-order valence-corrected chi connectivity index (χ3v) is 5.78. The number of nitrogen functional groups attached to an aromatic ring is 1. The van der Waals surface area contributed by atoms with Gasteiger partial charge in [0.2, 0.25) is 11.8 Å². The first-order chi connectivity index (χ1) is 18.0. The minimum atomic E-state index is -2.80. The average Bonchev–Trinajstić information content (AvgIpc) is 3.27. The van der Waals surface area contributed by atoms with E-state index in [0.717, 1.165) is 0 Å². The Hall–Kier alpha value is -4.43. The fourth-order valence-corrected chi connectivity index (χ4v) is 4.15. The third-order valence-electron chi connectivity index (χ3n) is 5.78. The normalized spacial score (nSPS) is 11.6. The van der Waals surface area contributed by atoms with Gasteiger partial charge in [-0.15, -0.1) is 0 Å². The second-order valence-corrected chi connectivity index (χ2v) is 9.50. The summed E-state index contributed by atoms with van der Waals surface area (Å²) >= 11 is 0. The summed E-state index contributed by atoms with van der Waals surface area (Å²) in [6, 6.07) is 10.2. The SMILES string of the molecule is Cc1cc(-c2c(OCc3nccn3CC(C)(C)O)nc(N)nc2-c2cccc(C#N)c2C)cc(C(F)F)n1. The lowest BCUT2D eigenvalue weighted by atomic mass is 9.94. The molecule has 0 aliphatic rings. The number of aryl methyl sites for hydroxylation is 1. The first-order valence-electron chi connectivity index (χ1n) is 11.8. The molecule has 0 aliphatic heterocycles. The summed E-state index contributed by atoms with van der Waals surface area (Å²) in [5.41, 5.74) is 7.72. The van der Waals surface area contributed by atoms with Gasteiger partial charge in [0.1, 0.15) is 18.1 Å². The lowest BCUT2D eigenvalue weighted by molar-refractivity contribution is 0.0596. The van der Waals surface area contributed by atoms with Gasteiger partial charge in [0.05, 0.1) is 35.0 Å². The van der Waals surface area contributed by atoms with Crippen molar-refractivity contribution in [3.8, 4) is 34.3 Å². The lowest BCUT2D eigenvalue weighted by Crippen LogP contribution is -2.27. The molecule has 0 aliphatic carbocycles. The smallest absolute Gasteiger partial charge is 0.280 e. The maximum atomic E-state index is 13.7. The monoisotopic (exact) mass is 519 g/mol. The number of pyridine rings is 1. The topological polar surface area (TPSA) is 136 Å². The van der Waals surface area contributed by atoms with Crippen LogP contribution in [0.15, 0.2) is 42.7 Å². The van der Waals surface area contributed by atoms with Crippen LogP contribution in [-0.2, 0) is 13.2 Å². The fraction of sp³-hybridized carbons (Fsp3) is 0.296. The number of benzene rings is 1. The number of imidazole rings is 1. The molecule has 3 heterocycles. The van der Waals surface area contributed by atoms with Crippen LogP contribution >= 0.6 is 0 Å². The number of rotatable bonds is 8. The predicted molar refractivity (Wildman–Crippen MR) is 137 cm³/mol. The van der Waals surface area contributed by atoms with E-state index < -0.39 is 17.7 Å². The number of aromatic nitrogens is 5. The number of halogens is 2. The average molecular weight is 520 g/mol. The van der Waals surface area contributed by atoms with Crippen molar-refractivity contribution < 1.29 is 18.6 Å². The molecule has 0 amide bonds. The zero-order valence-electron chi connectivity index (χ0n) is 21.4. The van der Waals surface area contributed by atoms with E-state index in [-0.39, 0.29) is 25.0 Å². The molecule has 4 aromatic rings. The van der Waals surface area contributed by atoms with Crippen molar-refractivity contribution in [3.63, 3.8) is 0 Å². The number of hydrogen-bond acceptors (Lipinski definition) is 8. The summed E-state index contributed by atoms with van der Waals surface area (Å²) in [5.74, 6) is 0.469. The number of aliphatic hydroxyl groups is 1. The minimum absolute atomic E-state index is 0.0467. The van der Waals surface area contributed by atoms with Crippen molar-refractivity contribution in [2.75, 3.05) is 5.73 Å². The summed E-state index contributed by atoms with van der Waals surface area (Å²) in [6.07, 6.45) is 0.507. The molecule has 38 heavy (non-hydrogen) atoms. The lowest BCUT2D eigenvalue weighted by Gasteiger charge is -2.20. The molecule has 9 nitrogen and oxygen atoms in total. The quantitative estimate of drug-likeness (QED) is 0.340. The maximum absolute atomic E-state index is 13.7. The first-order valence-corrected chi connectivity index (χ1v) is 11.8. The standard InChI is InChI=1S/C27H27F2N7O2/c1-15-10-18(11-20(33-15)24(28)29)22-23(19-7-5-6-17(12-30)16(19)2)34-26(31)35-25(22)38-13-21-32-8-9-36(21)14-27(3,4)37/h5-11,24,37H,13-14H2,1-4H3,(H2,31,34,35). The number of hydrogen-bond donors (Lipinski definition) is 2. The van der Waals surface area contributed by atoms with Crippen LogP contribution in [0.3, 0.4) is 0 Å². The Labute approximate surface area is 218 Å². The molecule has 1 aromatic carbocycles. The highest BCUT2D eigenvalue weighted by Crippen LogP contribution is 2.40. The fourth-order valence-electron chi connectivity index (χ4n) is 4.15. The number of alkyl halides is 2. The molecule has 0 unspecified atom stereocenters. The molecule has 0 fully saturated rings. The highest BCUT2D eigenvalue weighted by molar-refractivity contribution is 5.86. The van der Waals surface area contributed by atoms with E-state index >= 15 is 0 Å². The number of anilines is 1. The van der Waals surface area contributed by atoms with Gasteiger partial charge in [0.25, 0.3) is 6.43 Å². The molecule has 0 bridgehead atoms. The third kappa shape index (κ3) is 5.76. The summed E-state index contributed by atoms with van der Waals surface area (Å²) in [6.45, 7) is 6.97. The van der Waals surface area contributed by atoms with Crippen molar-refractivity contribution >= 4 is 5.95 Å². The molecule has 4 rings (SSSR count). The van der Waals surface area contributed by atoms with Crippen molar-refractivity contribution in [1.29, 1.82) is 5.26 Å². The second kappa shape index (κ2) is 10.5. The summed E-state index contributed by atoms with van der Waals surface area (Å²) in [4.78, 5) is 17.0. The van der Waals surface area contributed by atoms with E-state index in [2.05, 4.69) is 26.0 Å².